The minimum Gasteiger partial charge on any atom is -0.476 e. The number of rotatable bonds is 3. The van der Waals surface area contributed by atoms with Crippen molar-refractivity contribution >= 4 is 23.1 Å². The molecule has 0 unspecified atom stereocenters. The molecule has 5 rings (SSSR count). The Morgan fingerprint density at radius 2 is 1.88 bits per heavy atom. The fourth-order valence-corrected chi connectivity index (χ4v) is 5.52. The third-order valence-corrected chi connectivity index (χ3v) is 6.84. The van der Waals surface area contributed by atoms with Crippen LogP contribution in [0.25, 0.3) is 4.85 Å². The molecule has 2 heterocycles. The van der Waals surface area contributed by atoms with Crippen LogP contribution in [0.15, 0.2) is 66.9 Å². The Bertz CT molecular complexity index is 1260. The van der Waals surface area contributed by atoms with Crippen LogP contribution in [0.1, 0.15) is 29.7 Å². The number of ether oxygens (including phenoxy) is 1. The lowest BCUT2D eigenvalue weighted by Crippen LogP contribution is -2.52. The van der Waals surface area contributed by atoms with Crippen LogP contribution in [0.3, 0.4) is 0 Å². The molecule has 160 valence electrons. The average molecular weight is 447 g/mol. The molecule has 1 aliphatic carbocycles. The van der Waals surface area contributed by atoms with E-state index in [9.17, 15) is 15.0 Å². The van der Waals surface area contributed by atoms with Gasteiger partial charge in [-0.3, -0.25) is 9.78 Å². The second-order valence-electron chi connectivity index (χ2n) is 8.23. The van der Waals surface area contributed by atoms with Crippen molar-refractivity contribution in [1.29, 1.82) is 0 Å². The number of carbonyl (C=O) groups is 1. The SMILES string of the molecule is [C-]#[N+]c1ccc([C@@]23Oc4cc(Cl)cnc4[C@]2(O)[C@H](O)[C@H](C(C)=O)[C@H]3c2ccccc2)cc1. The third kappa shape index (κ3) is 2.53. The highest BCUT2D eigenvalue weighted by Crippen LogP contribution is 2.68. The maximum absolute atomic E-state index is 12.8. The third-order valence-electron chi connectivity index (χ3n) is 6.64. The zero-order chi connectivity index (χ0) is 22.7. The number of benzene rings is 2. The summed E-state index contributed by atoms with van der Waals surface area (Å²) in [4.78, 5) is 20.6. The van der Waals surface area contributed by atoms with Crippen molar-refractivity contribution in [3.05, 3.63) is 100 Å². The first-order chi connectivity index (χ1) is 15.3. The van der Waals surface area contributed by atoms with Crippen molar-refractivity contribution in [3.8, 4) is 5.75 Å². The van der Waals surface area contributed by atoms with Gasteiger partial charge in [-0.2, -0.15) is 0 Å². The highest BCUT2D eigenvalue weighted by Gasteiger charge is 2.77. The van der Waals surface area contributed by atoms with Gasteiger partial charge in [0.05, 0.1) is 17.5 Å². The molecule has 1 saturated carbocycles. The van der Waals surface area contributed by atoms with Crippen molar-refractivity contribution in [2.45, 2.75) is 30.1 Å². The zero-order valence-electron chi connectivity index (χ0n) is 17.1. The molecule has 0 bridgehead atoms. The van der Waals surface area contributed by atoms with E-state index in [-0.39, 0.29) is 17.2 Å². The van der Waals surface area contributed by atoms with Crippen molar-refractivity contribution in [3.63, 3.8) is 0 Å². The van der Waals surface area contributed by atoms with Gasteiger partial charge in [0.1, 0.15) is 23.3 Å². The summed E-state index contributed by atoms with van der Waals surface area (Å²) >= 11 is 6.15. The van der Waals surface area contributed by atoms with E-state index in [0.29, 0.717) is 16.3 Å². The Kier molecular flexibility index (Phi) is 4.61. The lowest BCUT2D eigenvalue weighted by atomic mass is 9.71. The minimum absolute atomic E-state index is 0.133. The van der Waals surface area contributed by atoms with E-state index in [0.717, 1.165) is 5.56 Å². The van der Waals surface area contributed by atoms with Crippen molar-refractivity contribution in [2.24, 2.45) is 5.92 Å². The summed E-state index contributed by atoms with van der Waals surface area (Å²) in [6.45, 7) is 8.67. The number of pyridine rings is 1. The highest BCUT2D eigenvalue weighted by atomic mass is 35.5. The van der Waals surface area contributed by atoms with Crippen LogP contribution in [0.5, 0.6) is 5.75 Å². The van der Waals surface area contributed by atoms with Crippen LogP contribution in [-0.2, 0) is 16.0 Å². The number of aliphatic hydroxyl groups is 2. The molecule has 1 aliphatic heterocycles. The van der Waals surface area contributed by atoms with Gasteiger partial charge in [-0.1, -0.05) is 66.2 Å². The van der Waals surface area contributed by atoms with Crippen LogP contribution in [0.4, 0.5) is 5.69 Å². The van der Waals surface area contributed by atoms with Crippen molar-refractivity contribution < 1.29 is 19.7 Å². The molecular weight excluding hydrogens is 428 g/mol. The van der Waals surface area contributed by atoms with Crippen LogP contribution in [0.2, 0.25) is 5.02 Å². The standard InChI is InChI=1S/C25H19ClN2O4/c1-14(29)20-21(15-6-4-3-5-7-15)25(16-8-10-18(27-2)11-9-16)24(31,23(20)30)22-19(32-25)12-17(26)13-28-22/h3-13,20-21,23,30-31H,1H3/t20-,21-,23-,24+,25+/m1/s1. The predicted molar refractivity (Wildman–Crippen MR) is 118 cm³/mol. The molecule has 2 aliphatic rings. The molecule has 0 amide bonds. The monoisotopic (exact) mass is 446 g/mol. The average Bonchev–Trinajstić information content (AvgIpc) is 3.17. The summed E-state index contributed by atoms with van der Waals surface area (Å²) in [5.74, 6) is -1.71. The first kappa shape index (κ1) is 20.7. The summed E-state index contributed by atoms with van der Waals surface area (Å²) < 4.78 is 6.49. The van der Waals surface area contributed by atoms with E-state index in [2.05, 4.69) is 9.83 Å². The van der Waals surface area contributed by atoms with E-state index in [1.165, 1.54) is 13.1 Å². The number of hydrogen-bond donors (Lipinski definition) is 2. The van der Waals surface area contributed by atoms with Crippen LogP contribution in [-0.4, -0.2) is 27.1 Å². The fraction of sp³-hybridized carbons (Fsp3) is 0.240. The van der Waals surface area contributed by atoms with Gasteiger partial charge in [0.15, 0.2) is 16.9 Å². The fourth-order valence-electron chi connectivity index (χ4n) is 5.37. The Labute approximate surface area is 189 Å². The molecule has 32 heavy (non-hydrogen) atoms. The molecule has 2 aromatic carbocycles. The number of ketones is 1. The molecule has 1 fully saturated rings. The number of carbonyl (C=O) groups excluding carboxylic acids is 1. The quantitative estimate of drug-likeness (QED) is 0.591. The Hall–Kier alpha value is -3.24. The first-order valence-electron chi connectivity index (χ1n) is 10.1. The molecule has 7 heteroatoms. The summed E-state index contributed by atoms with van der Waals surface area (Å²) in [7, 11) is 0. The van der Waals surface area contributed by atoms with Gasteiger partial charge in [-0.15, -0.1) is 0 Å². The van der Waals surface area contributed by atoms with Crippen LogP contribution >= 0.6 is 11.6 Å². The molecule has 0 saturated heterocycles. The summed E-state index contributed by atoms with van der Waals surface area (Å²) in [6.07, 6.45) is -0.105. The van der Waals surface area contributed by atoms with E-state index in [4.69, 9.17) is 22.9 Å². The Balaban J connectivity index is 1.86. The van der Waals surface area contributed by atoms with Gasteiger partial charge in [0.25, 0.3) is 0 Å². The Morgan fingerprint density at radius 3 is 2.50 bits per heavy atom. The van der Waals surface area contributed by atoms with Gasteiger partial charge in [-0.25, -0.2) is 4.85 Å². The van der Waals surface area contributed by atoms with Crippen LogP contribution in [0, 0.1) is 12.5 Å². The van der Waals surface area contributed by atoms with Gasteiger partial charge in [0.2, 0.25) is 0 Å². The maximum Gasteiger partial charge on any atom is 0.187 e. The Morgan fingerprint density at radius 1 is 1.19 bits per heavy atom. The second-order valence-corrected chi connectivity index (χ2v) is 8.67. The zero-order valence-corrected chi connectivity index (χ0v) is 17.8. The molecule has 2 N–H and O–H groups in total. The van der Waals surface area contributed by atoms with Gasteiger partial charge >= 0.3 is 0 Å². The summed E-state index contributed by atoms with van der Waals surface area (Å²) in [6, 6.07) is 17.4. The second kappa shape index (κ2) is 7.14. The number of halogens is 1. The molecule has 6 nitrogen and oxygen atoms in total. The van der Waals surface area contributed by atoms with Crippen molar-refractivity contribution in [1.82, 2.24) is 4.98 Å². The molecular formula is C25H19ClN2O4. The number of aromatic nitrogens is 1. The molecule has 3 aromatic rings. The number of fused-ring (bicyclic) bond motifs is 3. The lowest BCUT2D eigenvalue weighted by Gasteiger charge is -2.40. The molecule has 1 aromatic heterocycles. The predicted octanol–water partition coefficient (Wildman–Crippen LogP) is 4.12. The van der Waals surface area contributed by atoms with E-state index in [1.54, 1.807) is 30.3 Å². The van der Waals surface area contributed by atoms with E-state index >= 15 is 0 Å². The summed E-state index contributed by atoms with van der Waals surface area (Å²) in [5, 5.41) is 24.0. The molecule has 0 spiro atoms. The number of nitrogens with zero attached hydrogens (tertiary/aromatic N) is 2. The van der Waals surface area contributed by atoms with Gasteiger partial charge < -0.3 is 14.9 Å². The summed E-state index contributed by atoms with van der Waals surface area (Å²) in [5.41, 5.74) is -1.78. The normalized spacial score (nSPS) is 30.2. The number of Topliss-reactive ketones (excluding diaryl/α,β-unsaturated/α-hetero) is 1. The number of hydrogen-bond acceptors (Lipinski definition) is 5. The molecule has 5 atom stereocenters. The largest absolute Gasteiger partial charge is 0.476 e. The van der Waals surface area contributed by atoms with E-state index < -0.39 is 29.1 Å². The smallest absolute Gasteiger partial charge is 0.187 e. The number of aliphatic hydroxyl groups excluding tert-OH is 1. The minimum atomic E-state index is -2.02. The van der Waals surface area contributed by atoms with Crippen molar-refractivity contribution in [2.75, 3.05) is 0 Å². The van der Waals surface area contributed by atoms with Gasteiger partial charge in [0, 0.05) is 18.2 Å². The van der Waals surface area contributed by atoms with E-state index in [1.807, 2.05) is 30.3 Å². The molecule has 0 radical (unpaired) electrons. The topological polar surface area (TPSA) is 84.0 Å². The maximum atomic E-state index is 12.8. The van der Waals surface area contributed by atoms with Gasteiger partial charge in [-0.05, 0) is 18.1 Å². The lowest BCUT2D eigenvalue weighted by molar-refractivity contribution is -0.155. The van der Waals surface area contributed by atoms with Crippen LogP contribution < -0.4 is 4.74 Å². The highest BCUT2D eigenvalue weighted by molar-refractivity contribution is 6.30. The first-order valence-corrected chi connectivity index (χ1v) is 10.5.